The second kappa shape index (κ2) is 3.09. The van der Waals surface area contributed by atoms with Crippen molar-refractivity contribution in [2.45, 2.75) is 13.3 Å². The Kier molecular flexibility index (Phi) is 1.93. The molecule has 0 saturated heterocycles. The van der Waals surface area contributed by atoms with Crippen LogP contribution in [-0.2, 0) is 6.42 Å². The Balaban J connectivity index is 2.66. The number of hydrogen-bond donors (Lipinski definition) is 1. The van der Waals surface area contributed by atoms with Crippen LogP contribution < -0.4 is 0 Å². The van der Waals surface area contributed by atoms with Crippen LogP contribution in [0.15, 0.2) is 36.4 Å². The SMILES string of the molecule is CC1=CC=CCc2cccc(O)c21. The summed E-state index contributed by atoms with van der Waals surface area (Å²) in [6, 6.07) is 5.68. The molecule has 1 aromatic carbocycles. The Labute approximate surface area is 78.0 Å². The van der Waals surface area contributed by atoms with E-state index in [-0.39, 0.29) is 0 Å². The molecule has 1 aliphatic carbocycles. The molecule has 0 spiro atoms. The fraction of sp³-hybridized carbons (Fsp3) is 0.167. The molecule has 2 rings (SSSR count). The maximum absolute atomic E-state index is 9.68. The minimum atomic E-state index is 0.384. The largest absolute Gasteiger partial charge is 0.507 e. The maximum atomic E-state index is 9.68. The van der Waals surface area contributed by atoms with Crippen molar-refractivity contribution in [1.29, 1.82) is 0 Å². The molecule has 0 amide bonds. The molecule has 0 unspecified atom stereocenters. The molecule has 0 aromatic heterocycles. The lowest BCUT2D eigenvalue weighted by Gasteiger charge is -2.08. The van der Waals surface area contributed by atoms with E-state index < -0.39 is 0 Å². The van der Waals surface area contributed by atoms with E-state index in [1.165, 1.54) is 5.56 Å². The molecule has 13 heavy (non-hydrogen) atoms. The normalized spacial score (nSPS) is 14.7. The third kappa shape index (κ3) is 1.37. The first-order chi connectivity index (χ1) is 6.29. The van der Waals surface area contributed by atoms with E-state index in [9.17, 15) is 5.11 Å². The molecule has 1 aliphatic rings. The fourth-order valence-electron chi connectivity index (χ4n) is 1.70. The van der Waals surface area contributed by atoms with Gasteiger partial charge >= 0.3 is 0 Å². The van der Waals surface area contributed by atoms with Crippen LogP contribution in [0.1, 0.15) is 18.1 Å². The molecular weight excluding hydrogens is 160 g/mol. The number of phenolic OH excluding ortho intramolecular Hbond substituents is 1. The van der Waals surface area contributed by atoms with Crippen LogP contribution in [0.3, 0.4) is 0 Å². The third-order valence-corrected chi connectivity index (χ3v) is 2.34. The Morgan fingerprint density at radius 3 is 3.00 bits per heavy atom. The van der Waals surface area contributed by atoms with Gasteiger partial charge in [-0.05, 0) is 30.5 Å². The number of fused-ring (bicyclic) bond motifs is 1. The van der Waals surface area contributed by atoms with Gasteiger partial charge < -0.3 is 5.11 Å². The summed E-state index contributed by atoms with van der Waals surface area (Å²) in [4.78, 5) is 0. The lowest BCUT2D eigenvalue weighted by Crippen LogP contribution is -1.89. The Morgan fingerprint density at radius 2 is 2.15 bits per heavy atom. The third-order valence-electron chi connectivity index (χ3n) is 2.34. The Bertz CT molecular complexity index is 386. The van der Waals surface area contributed by atoms with Crippen LogP contribution in [0.5, 0.6) is 5.75 Å². The molecule has 0 bridgehead atoms. The first-order valence-corrected chi connectivity index (χ1v) is 4.43. The number of phenols is 1. The van der Waals surface area contributed by atoms with Crippen molar-refractivity contribution in [3.8, 4) is 5.75 Å². The average molecular weight is 172 g/mol. The van der Waals surface area contributed by atoms with E-state index in [1.54, 1.807) is 6.07 Å². The predicted molar refractivity (Wildman–Crippen MR) is 54.6 cm³/mol. The quantitative estimate of drug-likeness (QED) is 0.638. The monoisotopic (exact) mass is 172 g/mol. The van der Waals surface area contributed by atoms with Crippen molar-refractivity contribution in [3.63, 3.8) is 0 Å². The summed E-state index contributed by atoms with van der Waals surface area (Å²) in [5, 5.41) is 9.68. The van der Waals surface area contributed by atoms with Gasteiger partial charge in [0.05, 0.1) is 0 Å². The van der Waals surface area contributed by atoms with Gasteiger partial charge in [-0.15, -0.1) is 0 Å². The van der Waals surface area contributed by atoms with Crippen LogP contribution >= 0.6 is 0 Å². The highest BCUT2D eigenvalue weighted by atomic mass is 16.3. The average Bonchev–Trinajstić information content (AvgIpc) is 2.29. The van der Waals surface area contributed by atoms with Gasteiger partial charge in [0, 0.05) is 5.56 Å². The maximum Gasteiger partial charge on any atom is 0.123 e. The van der Waals surface area contributed by atoms with E-state index >= 15 is 0 Å². The number of aromatic hydroxyl groups is 1. The van der Waals surface area contributed by atoms with Crippen molar-refractivity contribution < 1.29 is 5.11 Å². The molecule has 0 atom stereocenters. The summed E-state index contributed by atoms with van der Waals surface area (Å²) >= 11 is 0. The summed E-state index contributed by atoms with van der Waals surface area (Å²) in [7, 11) is 0. The summed E-state index contributed by atoms with van der Waals surface area (Å²) < 4.78 is 0. The molecule has 0 saturated carbocycles. The zero-order valence-corrected chi connectivity index (χ0v) is 7.62. The van der Waals surface area contributed by atoms with Crippen LogP contribution in [0.25, 0.3) is 5.57 Å². The van der Waals surface area contributed by atoms with Crippen molar-refractivity contribution in [1.82, 2.24) is 0 Å². The van der Waals surface area contributed by atoms with Gasteiger partial charge in [-0.25, -0.2) is 0 Å². The van der Waals surface area contributed by atoms with Gasteiger partial charge in [0.2, 0.25) is 0 Å². The van der Waals surface area contributed by atoms with Gasteiger partial charge in [0.1, 0.15) is 5.75 Å². The molecule has 0 heterocycles. The number of hydrogen-bond acceptors (Lipinski definition) is 1. The first-order valence-electron chi connectivity index (χ1n) is 4.43. The minimum absolute atomic E-state index is 0.384. The number of allylic oxidation sites excluding steroid dienone is 4. The molecule has 66 valence electrons. The zero-order valence-electron chi connectivity index (χ0n) is 7.62. The van der Waals surface area contributed by atoms with E-state index in [0.717, 1.165) is 17.6 Å². The molecule has 1 N–H and O–H groups in total. The molecule has 1 nitrogen and oxygen atoms in total. The standard InChI is InChI=1S/C12H12O/c1-9-5-2-3-6-10-7-4-8-11(13)12(9)10/h2-5,7-8,13H,6H2,1H3. The van der Waals surface area contributed by atoms with Crippen LogP contribution in [0.4, 0.5) is 0 Å². The van der Waals surface area contributed by atoms with Crippen LogP contribution in [0.2, 0.25) is 0 Å². The molecule has 0 radical (unpaired) electrons. The highest BCUT2D eigenvalue weighted by Gasteiger charge is 2.09. The molecular formula is C12H12O. The van der Waals surface area contributed by atoms with Crippen molar-refractivity contribution in [3.05, 3.63) is 47.6 Å². The lowest BCUT2D eigenvalue weighted by molar-refractivity contribution is 0.473. The molecule has 1 aromatic rings. The summed E-state index contributed by atoms with van der Waals surface area (Å²) in [6.07, 6.45) is 7.08. The van der Waals surface area contributed by atoms with Gasteiger partial charge in [-0.3, -0.25) is 0 Å². The second-order valence-electron chi connectivity index (χ2n) is 3.29. The van der Waals surface area contributed by atoms with Crippen LogP contribution in [-0.4, -0.2) is 5.11 Å². The first kappa shape index (κ1) is 8.11. The lowest BCUT2D eigenvalue weighted by atomic mass is 9.99. The minimum Gasteiger partial charge on any atom is -0.507 e. The van der Waals surface area contributed by atoms with Crippen molar-refractivity contribution in [2.75, 3.05) is 0 Å². The van der Waals surface area contributed by atoms with Crippen molar-refractivity contribution in [2.24, 2.45) is 0 Å². The van der Waals surface area contributed by atoms with Gasteiger partial charge in [0.25, 0.3) is 0 Å². The highest BCUT2D eigenvalue weighted by Crippen LogP contribution is 2.30. The summed E-state index contributed by atoms with van der Waals surface area (Å²) in [6.45, 7) is 2.02. The summed E-state index contributed by atoms with van der Waals surface area (Å²) in [5.74, 6) is 0.384. The Morgan fingerprint density at radius 1 is 1.31 bits per heavy atom. The van der Waals surface area contributed by atoms with E-state index in [0.29, 0.717) is 5.75 Å². The summed E-state index contributed by atoms with van der Waals surface area (Å²) in [5.41, 5.74) is 3.32. The molecule has 0 aliphatic heterocycles. The zero-order chi connectivity index (χ0) is 9.26. The Hall–Kier alpha value is -1.50. The van der Waals surface area contributed by atoms with E-state index in [4.69, 9.17) is 0 Å². The second-order valence-corrected chi connectivity index (χ2v) is 3.29. The van der Waals surface area contributed by atoms with Gasteiger partial charge in [-0.2, -0.15) is 0 Å². The fourth-order valence-corrected chi connectivity index (χ4v) is 1.70. The number of rotatable bonds is 0. The molecule has 0 fully saturated rings. The van der Waals surface area contributed by atoms with E-state index in [1.807, 2.05) is 25.1 Å². The topological polar surface area (TPSA) is 20.2 Å². The van der Waals surface area contributed by atoms with Gasteiger partial charge in [-0.1, -0.05) is 30.4 Å². The molecule has 1 heteroatoms. The van der Waals surface area contributed by atoms with Crippen molar-refractivity contribution >= 4 is 5.57 Å². The number of benzene rings is 1. The predicted octanol–water partition coefficient (Wildman–Crippen LogP) is 2.91. The van der Waals surface area contributed by atoms with Gasteiger partial charge in [0.15, 0.2) is 0 Å². The smallest absolute Gasteiger partial charge is 0.123 e. The van der Waals surface area contributed by atoms with E-state index in [2.05, 4.69) is 12.1 Å². The van der Waals surface area contributed by atoms with Crippen LogP contribution in [0, 0.1) is 0 Å². The highest BCUT2D eigenvalue weighted by molar-refractivity contribution is 5.73.